The monoisotopic (exact) mass is 427 g/mol. The minimum Gasteiger partial charge on any atom is -0.360 e. The number of nitrogens with zero attached hydrogens (tertiary/aromatic N) is 1. The zero-order valence-electron chi connectivity index (χ0n) is 14.2. The van der Waals surface area contributed by atoms with E-state index in [4.69, 9.17) is 5.26 Å². The third-order valence-electron chi connectivity index (χ3n) is 3.88. The number of aromatic nitrogens is 1. The van der Waals surface area contributed by atoms with Crippen molar-refractivity contribution in [1.29, 1.82) is 5.26 Å². The van der Waals surface area contributed by atoms with Gasteiger partial charge in [0, 0.05) is 18.0 Å². The number of nitriles is 1. The molecule has 0 amide bonds. The number of rotatable bonds is 4. The maximum atomic E-state index is 13.9. The van der Waals surface area contributed by atoms with Crippen LogP contribution < -0.4 is 4.72 Å². The third kappa shape index (κ3) is 4.22. The number of sulfonamides is 1. The molecule has 0 fully saturated rings. The minimum absolute atomic E-state index is 0.122. The number of benzene rings is 2. The van der Waals surface area contributed by atoms with E-state index in [-0.39, 0.29) is 17.0 Å². The molecule has 2 N–H and O–H groups in total. The molecule has 0 radical (unpaired) electrons. The molecule has 0 aliphatic carbocycles. The number of hydrogen-bond acceptors (Lipinski definition) is 3. The molecule has 0 atom stereocenters. The molecule has 0 spiro atoms. The van der Waals surface area contributed by atoms with Gasteiger partial charge in [0.2, 0.25) is 0 Å². The van der Waals surface area contributed by atoms with E-state index in [0.717, 1.165) is 6.20 Å². The van der Waals surface area contributed by atoms with E-state index in [1.165, 1.54) is 12.1 Å². The highest BCUT2D eigenvalue weighted by Crippen LogP contribution is 2.34. The van der Waals surface area contributed by atoms with Crippen LogP contribution in [0.25, 0.3) is 11.3 Å². The summed E-state index contributed by atoms with van der Waals surface area (Å²) >= 11 is 0. The lowest BCUT2D eigenvalue weighted by molar-refractivity contribution is -0.140. The van der Waals surface area contributed by atoms with Crippen LogP contribution in [-0.4, -0.2) is 13.4 Å². The lowest BCUT2D eigenvalue weighted by Crippen LogP contribution is -2.15. The van der Waals surface area contributed by atoms with Crippen molar-refractivity contribution in [2.45, 2.75) is 11.1 Å². The molecule has 11 heteroatoms. The van der Waals surface area contributed by atoms with Crippen molar-refractivity contribution >= 4 is 15.7 Å². The molecule has 1 aromatic heterocycles. The van der Waals surface area contributed by atoms with Crippen molar-refractivity contribution in [2.75, 3.05) is 4.72 Å². The Kier molecular flexibility index (Phi) is 5.06. The standard InChI is InChI=1S/C18H10F5N3O2S/c19-14-7-17(15(20)6-13(14)18(21,22)23)26-29(27,28)12-5-16(25-9-12)11-3-1-2-10(4-11)8-24/h1-7,9,25-26H. The van der Waals surface area contributed by atoms with Crippen LogP contribution in [0, 0.1) is 23.0 Å². The van der Waals surface area contributed by atoms with E-state index in [0.29, 0.717) is 16.8 Å². The zero-order chi connectivity index (χ0) is 21.4. The molecule has 0 bridgehead atoms. The van der Waals surface area contributed by atoms with Crippen LogP contribution in [0.4, 0.5) is 27.6 Å². The molecule has 3 rings (SSSR count). The predicted octanol–water partition coefficient (Wildman–Crippen LogP) is 4.65. The molecule has 0 saturated heterocycles. The lowest BCUT2D eigenvalue weighted by atomic mass is 10.1. The largest absolute Gasteiger partial charge is 0.419 e. The van der Waals surface area contributed by atoms with E-state index in [1.54, 1.807) is 22.9 Å². The number of alkyl halides is 3. The van der Waals surface area contributed by atoms with Gasteiger partial charge in [0.15, 0.2) is 0 Å². The Bertz CT molecular complexity index is 1230. The number of anilines is 1. The molecule has 5 nitrogen and oxygen atoms in total. The number of hydrogen-bond donors (Lipinski definition) is 2. The van der Waals surface area contributed by atoms with E-state index in [9.17, 15) is 30.4 Å². The molecule has 150 valence electrons. The summed E-state index contributed by atoms with van der Waals surface area (Å²) in [4.78, 5) is 2.31. The van der Waals surface area contributed by atoms with Gasteiger partial charge >= 0.3 is 6.18 Å². The van der Waals surface area contributed by atoms with Crippen LogP contribution in [0.1, 0.15) is 11.1 Å². The smallest absolute Gasteiger partial charge is 0.360 e. The average Bonchev–Trinajstić information content (AvgIpc) is 3.14. The van der Waals surface area contributed by atoms with Crippen LogP contribution in [0.3, 0.4) is 0 Å². The topological polar surface area (TPSA) is 85.8 Å². The molecule has 2 aromatic carbocycles. The number of halogens is 5. The van der Waals surface area contributed by atoms with E-state index in [1.807, 2.05) is 6.07 Å². The van der Waals surface area contributed by atoms with Crippen molar-refractivity contribution in [3.63, 3.8) is 0 Å². The second kappa shape index (κ2) is 7.21. The molecule has 0 unspecified atom stereocenters. The van der Waals surface area contributed by atoms with Gasteiger partial charge in [-0.2, -0.15) is 18.4 Å². The van der Waals surface area contributed by atoms with Crippen molar-refractivity contribution in [2.24, 2.45) is 0 Å². The lowest BCUT2D eigenvalue weighted by Gasteiger charge is -2.12. The maximum Gasteiger partial charge on any atom is 0.419 e. The summed E-state index contributed by atoms with van der Waals surface area (Å²) in [5, 5.41) is 8.92. The highest BCUT2D eigenvalue weighted by Gasteiger charge is 2.35. The van der Waals surface area contributed by atoms with Crippen molar-refractivity contribution < 1.29 is 30.4 Å². The van der Waals surface area contributed by atoms with E-state index in [2.05, 4.69) is 4.98 Å². The average molecular weight is 427 g/mol. The first kappa shape index (κ1) is 20.3. The first-order chi connectivity index (χ1) is 13.5. The number of nitrogens with one attached hydrogen (secondary N) is 2. The highest BCUT2D eigenvalue weighted by atomic mass is 32.2. The molecule has 0 aliphatic rings. The van der Waals surface area contributed by atoms with Gasteiger partial charge in [-0.05, 0) is 29.8 Å². The normalized spacial score (nSPS) is 11.9. The molecule has 3 aromatic rings. The van der Waals surface area contributed by atoms with Gasteiger partial charge in [-0.1, -0.05) is 12.1 Å². The molecule has 29 heavy (non-hydrogen) atoms. The minimum atomic E-state index is -5.13. The summed E-state index contributed by atoms with van der Waals surface area (Å²) in [5.74, 6) is -3.40. The molecular formula is C18H10F5N3O2S. The second-order valence-electron chi connectivity index (χ2n) is 5.86. The summed E-state index contributed by atoms with van der Waals surface area (Å²) in [6.45, 7) is 0. The fourth-order valence-electron chi connectivity index (χ4n) is 2.50. The molecule has 0 aliphatic heterocycles. The van der Waals surface area contributed by atoms with Gasteiger partial charge in [0.1, 0.15) is 16.5 Å². The molecule has 1 heterocycles. The van der Waals surface area contributed by atoms with Crippen LogP contribution in [0.5, 0.6) is 0 Å². The van der Waals surface area contributed by atoms with Crippen LogP contribution in [0.15, 0.2) is 53.6 Å². The summed E-state index contributed by atoms with van der Waals surface area (Å²) in [6, 6.07) is 9.36. The van der Waals surface area contributed by atoms with Gasteiger partial charge in [-0.3, -0.25) is 4.72 Å². The van der Waals surface area contributed by atoms with E-state index < -0.39 is 39.1 Å². The Morgan fingerprint density at radius 1 is 1.03 bits per heavy atom. The van der Waals surface area contributed by atoms with Gasteiger partial charge < -0.3 is 4.98 Å². The summed E-state index contributed by atoms with van der Waals surface area (Å²) in [7, 11) is -4.44. The maximum absolute atomic E-state index is 13.9. The van der Waals surface area contributed by atoms with Gasteiger partial charge in [-0.25, -0.2) is 17.2 Å². The Hall–Kier alpha value is -3.39. The van der Waals surface area contributed by atoms with Gasteiger partial charge in [-0.15, -0.1) is 0 Å². The quantitative estimate of drug-likeness (QED) is 0.595. The Labute approximate surface area is 161 Å². The first-order valence-corrected chi connectivity index (χ1v) is 9.27. The van der Waals surface area contributed by atoms with Crippen molar-refractivity contribution in [3.05, 3.63) is 71.4 Å². The predicted molar refractivity (Wildman–Crippen MR) is 93.1 cm³/mol. The Morgan fingerprint density at radius 3 is 2.41 bits per heavy atom. The van der Waals surface area contributed by atoms with Crippen LogP contribution in [-0.2, 0) is 16.2 Å². The SMILES string of the molecule is N#Cc1cccc(-c2cc(S(=O)(=O)Nc3cc(F)c(C(F)(F)F)cc3F)c[nH]2)c1. The summed E-state index contributed by atoms with van der Waals surface area (Å²) < 4.78 is 92.0. The first-order valence-electron chi connectivity index (χ1n) is 7.79. The molecular weight excluding hydrogens is 417 g/mol. The Balaban J connectivity index is 1.92. The van der Waals surface area contributed by atoms with Crippen LogP contribution >= 0.6 is 0 Å². The zero-order valence-corrected chi connectivity index (χ0v) is 15.0. The Morgan fingerprint density at radius 2 is 1.76 bits per heavy atom. The second-order valence-corrected chi connectivity index (χ2v) is 7.54. The van der Waals surface area contributed by atoms with Gasteiger partial charge in [0.05, 0.1) is 22.9 Å². The number of aromatic amines is 1. The van der Waals surface area contributed by atoms with Crippen LogP contribution in [0.2, 0.25) is 0 Å². The fraction of sp³-hybridized carbons (Fsp3) is 0.0556. The van der Waals surface area contributed by atoms with Gasteiger partial charge in [0.25, 0.3) is 10.0 Å². The summed E-state index contributed by atoms with van der Waals surface area (Å²) in [6.07, 6.45) is -4.06. The summed E-state index contributed by atoms with van der Waals surface area (Å²) in [5.41, 5.74) is -1.66. The third-order valence-corrected chi connectivity index (χ3v) is 5.22. The highest BCUT2D eigenvalue weighted by molar-refractivity contribution is 7.92. The molecule has 0 saturated carbocycles. The van der Waals surface area contributed by atoms with E-state index >= 15 is 0 Å². The van der Waals surface area contributed by atoms with Crippen molar-refractivity contribution in [3.8, 4) is 17.3 Å². The van der Waals surface area contributed by atoms with Crippen molar-refractivity contribution in [1.82, 2.24) is 4.98 Å². The number of H-pyrrole nitrogens is 1. The fourth-order valence-corrected chi connectivity index (χ4v) is 3.55.